The van der Waals surface area contributed by atoms with Crippen LogP contribution in [0.15, 0.2) is 84.6 Å². The average molecular weight is 425 g/mol. The number of fused-ring (bicyclic) bond motifs is 1. The number of carbonyl (C=O) groups is 1. The van der Waals surface area contributed by atoms with Crippen LogP contribution >= 0.6 is 0 Å². The number of nitrogens with zero attached hydrogens (tertiary/aromatic N) is 5. The summed E-state index contributed by atoms with van der Waals surface area (Å²) >= 11 is 0. The molecule has 1 aliphatic rings. The van der Waals surface area contributed by atoms with Crippen molar-refractivity contribution in [2.45, 2.75) is 13.0 Å². The third-order valence-corrected chi connectivity index (χ3v) is 5.14. The summed E-state index contributed by atoms with van der Waals surface area (Å²) in [6.45, 7) is 1.83. The number of allylic oxidation sites excluding steroid dienone is 1. The molecule has 1 aliphatic heterocycles. The molecule has 0 spiro atoms. The van der Waals surface area contributed by atoms with Crippen LogP contribution in [0.4, 0.5) is 11.6 Å². The van der Waals surface area contributed by atoms with Crippen molar-refractivity contribution in [3.05, 3.63) is 90.2 Å². The molecular weight excluding hydrogens is 406 g/mol. The van der Waals surface area contributed by atoms with E-state index in [4.69, 9.17) is 0 Å². The smallest absolute Gasteiger partial charge is 0.255 e. The minimum absolute atomic E-state index is 0.163. The van der Waals surface area contributed by atoms with Gasteiger partial charge in [0.15, 0.2) is 5.82 Å². The number of carbonyl (C=O) groups excluding carboxylic acids is 1. The predicted octanol–water partition coefficient (Wildman–Crippen LogP) is 3.37. The lowest BCUT2D eigenvalue weighted by Crippen LogP contribution is -2.31. The quantitative estimate of drug-likeness (QED) is 0.459. The van der Waals surface area contributed by atoms with Gasteiger partial charge in [-0.1, -0.05) is 6.07 Å². The average Bonchev–Trinajstić information content (AvgIpc) is 3.23. The molecule has 4 heterocycles. The monoisotopic (exact) mass is 425 g/mol. The van der Waals surface area contributed by atoms with Crippen LogP contribution < -0.4 is 10.6 Å². The SMILES string of the molecule is CC1=C(C(=O)Nc2cccnc2)C(c2cccnc2)n2nc(-c3ccc(O)cc3)nc2N1. The Kier molecular flexibility index (Phi) is 4.83. The van der Waals surface area contributed by atoms with E-state index in [1.165, 1.54) is 0 Å². The zero-order valence-corrected chi connectivity index (χ0v) is 17.1. The second-order valence-corrected chi connectivity index (χ2v) is 7.30. The number of benzene rings is 1. The third-order valence-electron chi connectivity index (χ3n) is 5.14. The summed E-state index contributed by atoms with van der Waals surface area (Å²) in [7, 11) is 0. The lowest BCUT2D eigenvalue weighted by atomic mass is 9.96. The number of anilines is 2. The summed E-state index contributed by atoms with van der Waals surface area (Å²) < 4.78 is 1.68. The van der Waals surface area contributed by atoms with Crippen LogP contribution in [-0.4, -0.2) is 35.7 Å². The molecule has 5 rings (SSSR count). The third kappa shape index (κ3) is 3.56. The zero-order valence-electron chi connectivity index (χ0n) is 17.1. The molecule has 1 unspecified atom stereocenters. The van der Waals surface area contributed by atoms with E-state index in [-0.39, 0.29) is 11.7 Å². The standard InChI is InChI=1S/C23H19N7O2/c1-14-19(22(32)27-17-5-3-11-25-13-17)20(16-4-2-10-24-12-16)30-23(26-14)28-21(29-30)15-6-8-18(31)9-7-15/h2-13,20,31H,1H3,(H,27,32)(H,26,28,29). The second kappa shape index (κ2) is 7.95. The van der Waals surface area contributed by atoms with Crippen molar-refractivity contribution in [2.75, 3.05) is 10.6 Å². The van der Waals surface area contributed by atoms with Crippen molar-refractivity contribution < 1.29 is 9.90 Å². The Labute approximate surface area is 183 Å². The Morgan fingerprint density at radius 3 is 2.50 bits per heavy atom. The molecule has 9 heteroatoms. The minimum atomic E-state index is -0.532. The van der Waals surface area contributed by atoms with Crippen molar-refractivity contribution in [3.63, 3.8) is 0 Å². The number of aromatic nitrogens is 5. The van der Waals surface area contributed by atoms with Gasteiger partial charge in [-0.3, -0.25) is 14.8 Å². The first-order valence-electron chi connectivity index (χ1n) is 9.95. The lowest BCUT2D eigenvalue weighted by Gasteiger charge is -2.28. The highest BCUT2D eigenvalue weighted by Gasteiger charge is 2.34. The van der Waals surface area contributed by atoms with E-state index in [2.05, 4.69) is 30.7 Å². The van der Waals surface area contributed by atoms with Crippen molar-refractivity contribution in [1.29, 1.82) is 0 Å². The molecule has 1 atom stereocenters. The van der Waals surface area contributed by atoms with Gasteiger partial charge in [0.05, 0.1) is 17.5 Å². The molecule has 0 aliphatic carbocycles. The molecular formula is C23H19N7O2. The van der Waals surface area contributed by atoms with Crippen LogP contribution in [0.5, 0.6) is 5.75 Å². The molecule has 0 saturated heterocycles. The number of rotatable bonds is 4. The van der Waals surface area contributed by atoms with E-state index in [9.17, 15) is 9.90 Å². The number of aromatic hydroxyl groups is 1. The van der Waals surface area contributed by atoms with E-state index < -0.39 is 6.04 Å². The molecule has 9 nitrogen and oxygen atoms in total. The maximum Gasteiger partial charge on any atom is 0.255 e. The summed E-state index contributed by atoms with van der Waals surface area (Å²) in [4.78, 5) is 26.2. The Hall–Kier alpha value is -4.53. The van der Waals surface area contributed by atoms with Gasteiger partial charge in [0.2, 0.25) is 5.95 Å². The van der Waals surface area contributed by atoms with Gasteiger partial charge in [0, 0.05) is 29.9 Å². The molecule has 0 saturated carbocycles. The van der Waals surface area contributed by atoms with Gasteiger partial charge in [-0.25, -0.2) is 4.68 Å². The maximum atomic E-state index is 13.3. The van der Waals surface area contributed by atoms with Gasteiger partial charge in [-0.2, -0.15) is 4.98 Å². The number of phenolic OH excluding ortho intramolecular Hbond substituents is 1. The van der Waals surface area contributed by atoms with Crippen molar-refractivity contribution in [2.24, 2.45) is 0 Å². The van der Waals surface area contributed by atoms with Crippen LogP contribution in [0.25, 0.3) is 11.4 Å². The van der Waals surface area contributed by atoms with Gasteiger partial charge in [-0.15, -0.1) is 5.10 Å². The summed E-state index contributed by atoms with van der Waals surface area (Å²) in [5, 5.41) is 20.4. The Morgan fingerprint density at radius 1 is 1.06 bits per heavy atom. The Balaban J connectivity index is 1.59. The van der Waals surface area contributed by atoms with Crippen LogP contribution in [0.3, 0.4) is 0 Å². The fourth-order valence-corrected chi connectivity index (χ4v) is 3.66. The number of hydrogen-bond acceptors (Lipinski definition) is 7. The lowest BCUT2D eigenvalue weighted by molar-refractivity contribution is -0.113. The highest BCUT2D eigenvalue weighted by Crippen LogP contribution is 2.36. The molecule has 1 aromatic carbocycles. The van der Waals surface area contributed by atoms with Crippen LogP contribution in [0.2, 0.25) is 0 Å². The van der Waals surface area contributed by atoms with Crippen LogP contribution in [0.1, 0.15) is 18.5 Å². The van der Waals surface area contributed by atoms with Crippen LogP contribution in [-0.2, 0) is 4.79 Å². The summed E-state index contributed by atoms with van der Waals surface area (Å²) in [6, 6.07) is 13.4. The molecule has 1 amide bonds. The summed E-state index contributed by atoms with van der Waals surface area (Å²) in [5.41, 5.74) is 3.30. The predicted molar refractivity (Wildman–Crippen MR) is 119 cm³/mol. The van der Waals surface area contributed by atoms with Crippen molar-refractivity contribution >= 4 is 17.5 Å². The molecule has 3 aromatic heterocycles. The molecule has 3 N–H and O–H groups in total. The minimum Gasteiger partial charge on any atom is -0.508 e. The van der Waals surface area contributed by atoms with E-state index in [1.54, 1.807) is 65.9 Å². The van der Waals surface area contributed by atoms with Crippen molar-refractivity contribution in [3.8, 4) is 17.1 Å². The molecule has 0 bridgehead atoms. The number of amides is 1. The Bertz CT molecular complexity index is 1300. The Morgan fingerprint density at radius 2 is 1.81 bits per heavy atom. The summed E-state index contributed by atoms with van der Waals surface area (Å²) in [6.07, 6.45) is 6.63. The fraction of sp³-hybridized carbons (Fsp3) is 0.0870. The normalized spacial score (nSPS) is 15.1. The highest BCUT2D eigenvalue weighted by atomic mass is 16.3. The van der Waals surface area contributed by atoms with E-state index in [1.807, 2.05) is 19.1 Å². The fourth-order valence-electron chi connectivity index (χ4n) is 3.66. The number of nitrogens with one attached hydrogen (secondary N) is 2. The number of pyridine rings is 2. The molecule has 0 radical (unpaired) electrons. The number of phenols is 1. The molecule has 4 aromatic rings. The first-order valence-corrected chi connectivity index (χ1v) is 9.95. The maximum absolute atomic E-state index is 13.3. The first kappa shape index (κ1) is 19.4. The van der Waals surface area contributed by atoms with E-state index in [0.717, 1.165) is 11.1 Å². The summed E-state index contributed by atoms with van der Waals surface area (Å²) in [5.74, 6) is 0.876. The number of hydrogen-bond donors (Lipinski definition) is 3. The topological polar surface area (TPSA) is 118 Å². The van der Waals surface area contributed by atoms with Gasteiger partial charge in [0.1, 0.15) is 11.8 Å². The zero-order chi connectivity index (χ0) is 22.1. The molecule has 158 valence electrons. The largest absolute Gasteiger partial charge is 0.508 e. The van der Waals surface area contributed by atoms with Crippen molar-refractivity contribution in [1.82, 2.24) is 24.7 Å². The molecule has 0 fully saturated rings. The van der Waals surface area contributed by atoms with Gasteiger partial charge >= 0.3 is 0 Å². The van der Waals surface area contributed by atoms with Gasteiger partial charge in [0.25, 0.3) is 5.91 Å². The molecule has 32 heavy (non-hydrogen) atoms. The highest BCUT2D eigenvalue weighted by molar-refractivity contribution is 6.05. The van der Waals surface area contributed by atoms with Crippen LogP contribution in [0, 0.1) is 0 Å². The first-order chi connectivity index (χ1) is 15.6. The van der Waals surface area contributed by atoms with E-state index >= 15 is 0 Å². The second-order valence-electron chi connectivity index (χ2n) is 7.30. The van der Waals surface area contributed by atoms with Gasteiger partial charge in [-0.05, 0) is 55.0 Å². The van der Waals surface area contributed by atoms with E-state index in [0.29, 0.717) is 28.7 Å². The van der Waals surface area contributed by atoms with Gasteiger partial charge < -0.3 is 15.7 Å².